The number of allylic oxidation sites excluding steroid dienone is 2. The van der Waals surface area contributed by atoms with Gasteiger partial charge in [-0.3, -0.25) is 0 Å². The van der Waals surface area contributed by atoms with E-state index in [2.05, 4.69) is 9.97 Å². The molecule has 0 saturated carbocycles. The number of aliphatic hydroxyl groups is 1. The van der Waals surface area contributed by atoms with Crippen molar-refractivity contribution in [2.75, 3.05) is 6.61 Å². The molecule has 2 atom stereocenters. The number of rotatable bonds is 4. The number of alkyl halides is 1. The van der Waals surface area contributed by atoms with E-state index in [9.17, 15) is 14.3 Å². The number of pyridine rings is 1. The van der Waals surface area contributed by atoms with Crippen molar-refractivity contribution < 1.29 is 19.0 Å². The lowest BCUT2D eigenvalue weighted by Gasteiger charge is -2.28. The van der Waals surface area contributed by atoms with Crippen molar-refractivity contribution in [3.8, 4) is 0 Å². The summed E-state index contributed by atoms with van der Waals surface area (Å²) in [4.78, 5) is 19.4. The third-order valence-corrected chi connectivity index (χ3v) is 4.77. The van der Waals surface area contributed by atoms with E-state index in [1.807, 2.05) is 18.2 Å². The van der Waals surface area contributed by atoms with Crippen LogP contribution in [-0.4, -0.2) is 39.4 Å². The fourth-order valence-electron chi connectivity index (χ4n) is 3.40. The minimum atomic E-state index is -1.56. The molecular formula is C21H19FN2O3. The number of fused-ring (bicyclic) bond motifs is 3. The number of ether oxygens (including phenoxy) is 1. The number of nitrogens with zero attached hydrogens (tertiary/aromatic N) is 1. The maximum absolute atomic E-state index is 14.2. The second kappa shape index (κ2) is 6.63. The van der Waals surface area contributed by atoms with Crippen LogP contribution in [0.1, 0.15) is 23.0 Å². The molecule has 2 N–H and O–H groups in total. The second-order valence-electron chi connectivity index (χ2n) is 6.65. The van der Waals surface area contributed by atoms with Gasteiger partial charge in [0.15, 0.2) is 6.17 Å². The molecule has 0 amide bonds. The monoisotopic (exact) mass is 366 g/mol. The number of carbonyl (C=O) groups is 1. The molecule has 1 aliphatic carbocycles. The van der Waals surface area contributed by atoms with Crippen molar-refractivity contribution in [3.05, 3.63) is 66.0 Å². The van der Waals surface area contributed by atoms with E-state index in [1.54, 1.807) is 31.3 Å². The van der Waals surface area contributed by atoms with Crippen molar-refractivity contribution in [1.29, 1.82) is 0 Å². The summed E-state index contributed by atoms with van der Waals surface area (Å²) in [6.07, 6.45) is 6.36. The first-order valence-corrected chi connectivity index (χ1v) is 8.80. The highest BCUT2D eigenvalue weighted by molar-refractivity contribution is 6.08. The van der Waals surface area contributed by atoms with E-state index < -0.39 is 17.7 Å². The van der Waals surface area contributed by atoms with Crippen LogP contribution in [0, 0.1) is 0 Å². The van der Waals surface area contributed by atoms with E-state index in [-0.39, 0.29) is 18.7 Å². The fourth-order valence-corrected chi connectivity index (χ4v) is 3.40. The Bertz CT molecular complexity index is 1090. The Labute approximate surface area is 155 Å². The smallest absolute Gasteiger partial charge is 0.356 e. The summed E-state index contributed by atoms with van der Waals surface area (Å²) in [6.45, 7) is 2.02. The van der Waals surface area contributed by atoms with Crippen LogP contribution in [0.3, 0.4) is 0 Å². The highest BCUT2D eigenvalue weighted by Gasteiger charge is 2.34. The highest BCUT2D eigenvalue weighted by atomic mass is 19.1. The number of esters is 1. The summed E-state index contributed by atoms with van der Waals surface area (Å²) < 4.78 is 19.2. The van der Waals surface area contributed by atoms with Crippen molar-refractivity contribution >= 4 is 27.8 Å². The van der Waals surface area contributed by atoms with E-state index >= 15 is 0 Å². The van der Waals surface area contributed by atoms with Gasteiger partial charge in [0, 0.05) is 22.7 Å². The van der Waals surface area contributed by atoms with Crippen LogP contribution in [0.25, 0.3) is 21.8 Å². The molecule has 0 bridgehead atoms. The molecule has 0 fully saturated rings. The number of halogens is 1. The van der Waals surface area contributed by atoms with Crippen LogP contribution in [0.15, 0.2) is 54.8 Å². The van der Waals surface area contributed by atoms with Crippen LogP contribution < -0.4 is 0 Å². The Morgan fingerprint density at radius 3 is 2.89 bits per heavy atom. The molecule has 2 unspecified atom stereocenters. The van der Waals surface area contributed by atoms with Crippen LogP contribution in [0.2, 0.25) is 0 Å². The average Bonchev–Trinajstić information content (AvgIpc) is 3.02. The number of nitrogens with one attached hydrogen (secondary N) is 1. The molecule has 6 heteroatoms. The number of hydrogen-bond donors (Lipinski definition) is 2. The number of carbonyl (C=O) groups excluding carboxylic acids is 1. The fraction of sp³-hybridized carbons (Fsp3) is 0.238. The molecular weight excluding hydrogens is 347 g/mol. The molecule has 2 aromatic heterocycles. The largest absolute Gasteiger partial charge is 0.461 e. The number of hydrogen-bond acceptors (Lipinski definition) is 4. The van der Waals surface area contributed by atoms with Gasteiger partial charge in [-0.1, -0.05) is 18.2 Å². The highest BCUT2D eigenvalue weighted by Crippen LogP contribution is 2.30. The van der Waals surface area contributed by atoms with Crippen molar-refractivity contribution in [2.24, 2.45) is 0 Å². The van der Waals surface area contributed by atoms with Gasteiger partial charge in [0.2, 0.25) is 0 Å². The van der Waals surface area contributed by atoms with E-state index in [0.717, 1.165) is 27.4 Å². The minimum Gasteiger partial charge on any atom is -0.461 e. The summed E-state index contributed by atoms with van der Waals surface area (Å²) >= 11 is 0. The maximum atomic E-state index is 14.2. The first-order valence-electron chi connectivity index (χ1n) is 8.80. The molecule has 0 aliphatic heterocycles. The molecule has 2 heterocycles. The van der Waals surface area contributed by atoms with Gasteiger partial charge < -0.3 is 14.8 Å². The van der Waals surface area contributed by atoms with Crippen molar-refractivity contribution in [1.82, 2.24) is 9.97 Å². The first-order chi connectivity index (χ1) is 13.0. The van der Waals surface area contributed by atoms with Crippen LogP contribution >= 0.6 is 0 Å². The van der Waals surface area contributed by atoms with Crippen molar-refractivity contribution in [3.63, 3.8) is 0 Å². The summed E-state index contributed by atoms with van der Waals surface area (Å²) in [5.41, 5.74) is 1.13. The molecule has 3 aromatic rings. The first kappa shape index (κ1) is 17.4. The topological polar surface area (TPSA) is 75.2 Å². The lowest BCUT2D eigenvalue weighted by molar-refractivity contribution is 0.0274. The van der Waals surface area contributed by atoms with Gasteiger partial charge in [-0.05, 0) is 42.8 Å². The number of aromatic nitrogens is 2. The van der Waals surface area contributed by atoms with Gasteiger partial charge >= 0.3 is 5.97 Å². The average molecular weight is 366 g/mol. The van der Waals surface area contributed by atoms with Gasteiger partial charge in [-0.25, -0.2) is 14.2 Å². The molecule has 0 radical (unpaired) electrons. The number of H-pyrrole nitrogens is 1. The SMILES string of the molecule is CCOC(=O)c1cc2c(cn1)[nH]c1ccc(CC3(O)C=CC=CC3F)cc12. The van der Waals surface area contributed by atoms with E-state index in [4.69, 9.17) is 4.74 Å². The Kier molecular flexibility index (Phi) is 4.28. The zero-order chi connectivity index (χ0) is 19.0. The molecule has 27 heavy (non-hydrogen) atoms. The quantitative estimate of drug-likeness (QED) is 0.692. The maximum Gasteiger partial charge on any atom is 0.356 e. The standard InChI is InChI=1S/C21H19FN2O3/c1-2-27-20(25)17-10-15-14-9-13(6-7-16(14)24-18(15)12-23-17)11-21(26)8-4-3-5-19(21)22/h3-10,12,19,24,26H,2,11H2,1H3. The zero-order valence-electron chi connectivity index (χ0n) is 14.8. The lowest BCUT2D eigenvalue weighted by Crippen LogP contribution is -2.39. The molecule has 1 aromatic carbocycles. The van der Waals surface area contributed by atoms with Gasteiger partial charge in [-0.2, -0.15) is 0 Å². The molecule has 5 nitrogen and oxygen atoms in total. The summed E-state index contributed by atoms with van der Waals surface area (Å²) in [7, 11) is 0. The summed E-state index contributed by atoms with van der Waals surface area (Å²) in [5, 5.41) is 12.3. The van der Waals surface area contributed by atoms with Gasteiger partial charge in [0.05, 0.1) is 18.3 Å². The Balaban J connectivity index is 1.75. The molecule has 138 valence electrons. The Morgan fingerprint density at radius 1 is 1.30 bits per heavy atom. The second-order valence-corrected chi connectivity index (χ2v) is 6.65. The lowest BCUT2D eigenvalue weighted by atomic mass is 9.86. The van der Waals surface area contributed by atoms with Gasteiger partial charge in [-0.15, -0.1) is 0 Å². The predicted molar refractivity (Wildman–Crippen MR) is 101 cm³/mol. The number of benzene rings is 1. The normalized spacial score (nSPS) is 21.8. The molecule has 0 saturated heterocycles. The van der Waals surface area contributed by atoms with Crippen LogP contribution in [-0.2, 0) is 11.2 Å². The molecule has 0 spiro atoms. The van der Waals surface area contributed by atoms with E-state index in [0.29, 0.717) is 0 Å². The summed E-state index contributed by atoms with van der Waals surface area (Å²) in [6, 6.07) is 7.33. The molecule has 4 rings (SSSR count). The predicted octanol–water partition coefficient (Wildman–Crippen LogP) is 3.63. The number of aromatic amines is 1. The van der Waals surface area contributed by atoms with Gasteiger partial charge in [0.1, 0.15) is 11.3 Å². The van der Waals surface area contributed by atoms with E-state index in [1.165, 1.54) is 12.2 Å². The third-order valence-electron chi connectivity index (χ3n) is 4.77. The Hall–Kier alpha value is -2.99. The van der Waals surface area contributed by atoms with Gasteiger partial charge in [0.25, 0.3) is 0 Å². The zero-order valence-corrected chi connectivity index (χ0v) is 14.8. The third kappa shape index (κ3) is 3.13. The van der Waals surface area contributed by atoms with Crippen LogP contribution in [0.4, 0.5) is 4.39 Å². The minimum absolute atomic E-state index is 0.146. The summed E-state index contributed by atoms with van der Waals surface area (Å²) in [5.74, 6) is -0.474. The Morgan fingerprint density at radius 2 is 2.11 bits per heavy atom. The van der Waals surface area contributed by atoms with Crippen molar-refractivity contribution in [2.45, 2.75) is 25.1 Å². The molecule has 1 aliphatic rings. The van der Waals surface area contributed by atoms with Crippen LogP contribution in [0.5, 0.6) is 0 Å².